The standard InChI is InChI=1S/C18H25NO/c1-3-5-8-13-19-14-17-16-10-7-6-9-15(16)11-12-18(17)20-4-2/h6-7,9-12,19H,3-5,8,13-14H2,1-2H3. The number of nitrogens with one attached hydrogen (secondary N) is 1. The lowest BCUT2D eigenvalue weighted by Gasteiger charge is -2.14. The Hall–Kier alpha value is -1.54. The molecule has 0 bridgehead atoms. The van der Waals surface area contributed by atoms with Crippen molar-refractivity contribution >= 4 is 10.8 Å². The molecule has 0 saturated heterocycles. The third-order valence-electron chi connectivity index (χ3n) is 3.56. The number of ether oxygens (including phenoxy) is 1. The summed E-state index contributed by atoms with van der Waals surface area (Å²) >= 11 is 0. The quantitative estimate of drug-likeness (QED) is 0.713. The summed E-state index contributed by atoms with van der Waals surface area (Å²) in [4.78, 5) is 0. The van der Waals surface area contributed by atoms with E-state index in [1.54, 1.807) is 0 Å². The van der Waals surface area contributed by atoms with Gasteiger partial charge in [-0.25, -0.2) is 0 Å². The number of benzene rings is 2. The average Bonchev–Trinajstić information content (AvgIpc) is 2.49. The summed E-state index contributed by atoms with van der Waals surface area (Å²) in [6.45, 7) is 6.93. The Morgan fingerprint density at radius 3 is 2.65 bits per heavy atom. The van der Waals surface area contributed by atoms with E-state index in [2.05, 4.69) is 48.6 Å². The zero-order valence-corrected chi connectivity index (χ0v) is 12.6. The lowest BCUT2D eigenvalue weighted by Crippen LogP contribution is -2.15. The molecule has 2 nitrogen and oxygen atoms in total. The van der Waals surface area contributed by atoms with Gasteiger partial charge in [-0.2, -0.15) is 0 Å². The molecule has 0 atom stereocenters. The van der Waals surface area contributed by atoms with E-state index < -0.39 is 0 Å². The van der Waals surface area contributed by atoms with Crippen LogP contribution in [0.25, 0.3) is 10.8 Å². The van der Waals surface area contributed by atoms with E-state index in [1.807, 2.05) is 6.92 Å². The predicted octanol–water partition coefficient (Wildman–Crippen LogP) is 4.52. The van der Waals surface area contributed by atoms with Crippen LogP contribution in [0.4, 0.5) is 0 Å². The van der Waals surface area contributed by atoms with Crippen molar-refractivity contribution in [1.82, 2.24) is 5.32 Å². The molecule has 0 heterocycles. The number of rotatable bonds is 8. The van der Waals surface area contributed by atoms with Gasteiger partial charge in [0.2, 0.25) is 0 Å². The molecule has 2 rings (SSSR count). The molecule has 108 valence electrons. The largest absolute Gasteiger partial charge is 0.494 e. The van der Waals surface area contributed by atoms with E-state index >= 15 is 0 Å². The Balaban J connectivity index is 2.16. The van der Waals surface area contributed by atoms with Crippen molar-refractivity contribution in [3.8, 4) is 5.75 Å². The number of fused-ring (bicyclic) bond motifs is 1. The highest BCUT2D eigenvalue weighted by Gasteiger charge is 2.08. The van der Waals surface area contributed by atoms with Gasteiger partial charge in [0.05, 0.1) is 6.61 Å². The van der Waals surface area contributed by atoms with Gasteiger partial charge >= 0.3 is 0 Å². The van der Waals surface area contributed by atoms with Gasteiger partial charge in [0.25, 0.3) is 0 Å². The fourth-order valence-electron chi connectivity index (χ4n) is 2.50. The van der Waals surface area contributed by atoms with Gasteiger partial charge < -0.3 is 10.1 Å². The molecule has 0 aliphatic carbocycles. The zero-order chi connectivity index (χ0) is 14.2. The number of unbranched alkanes of at least 4 members (excludes halogenated alkanes) is 2. The lowest BCUT2D eigenvalue weighted by molar-refractivity contribution is 0.336. The van der Waals surface area contributed by atoms with Crippen molar-refractivity contribution < 1.29 is 4.74 Å². The van der Waals surface area contributed by atoms with Crippen molar-refractivity contribution in [2.75, 3.05) is 13.2 Å². The molecule has 0 radical (unpaired) electrons. The molecule has 2 heteroatoms. The van der Waals surface area contributed by atoms with Crippen LogP contribution < -0.4 is 10.1 Å². The molecule has 2 aromatic rings. The van der Waals surface area contributed by atoms with Gasteiger partial charge in [-0.3, -0.25) is 0 Å². The minimum Gasteiger partial charge on any atom is -0.494 e. The highest BCUT2D eigenvalue weighted by atomic mass is 16.5. The Kier molecular flexibility index (Phi) is 5.87. The van der Waals surface area contributed by atoms with Crippen molar-refractivity contribution in [2.24, 2.45) is 0 Å². The SMILES string of the molecule is CCCCCNCc1c(OCC)ccc2ccccc12. The summed E-state index contributed by atoms with van der Waals surface area (Å²) in [5.74, 6) is 1.01. The van der Waals surface area contributed by atoms with Crippen LogP contribution in [0.1, 0.15) is 38.7 Å². The van der Waals surface area contributed by atoms with Crippen LogP contribution in [0.15, 0.2) is 36.4 Å². The minimum atomic E-state index is 0.709. The van der Waals surface area contributed by atoms with E-state index in [1.165, 1.54) is 35.6 Å². The summed E-state index contributed by atoms with van der Waals surface area (Å²) in [6, 6.07) is 12.8. The molecule has 2 aromatic carbocycles. The van der Waals surface area contributed by atoms with Crippen molar-refractivity contribution in [2.45, 2.75) is 39.7 Å². The van der Waals surface area contributed by atoms with Crippen molar-refractivity contribution in [1.29, 1.82) is 0 Å². The van der Waals surface area contributed by atoms with Gasteiger partial charge in [0, 0.05) is 12.1 Å². The second-order valence-electron chi connectivity index (χ2n) is 5.08. The van der Waals surface area contributed by atoms with Gasteiger partial charge in [-0.1, -0.05) is 50.1 Å². The lowest BCUT2D eigenvalue weighted by atomic mass is 10.0. The second-order valence-corrected chi connectivity index (χ2v) is 5.08. The van der Waals surface area contributed by atoms with Crippen LogP contribution in [-0.4, -0.2) is 13.2 Å². The topological polar surface area (TPSA) is 21.3 Å². The first-order chi connectivity index (χ1) is 9.86. The van der Waals surface area contributed by atoms with Crippen molar-refractivity contribution in [3.05, 3.63) is 42.0 Å². The summed E-state index contributed by atoms with van der Waals surface area (Å²) in [7, 11) is 0. The minimum absolute atomic E-state index is 0.709. The van der Waals surface area contributed by atoms with Crippen molar-refractivity contribution in [3.63, 3.8) is 0 Å². The monoisotopic (exact) mass is 271 g/mol. The Morgan fingerprint density at radius 2 is 1.85 bits per heavy atom. The molecule has 0 spiro atoms. The highest BCUT2D eigenvalue weighted by molar-refractivity contribution is 5.87. The maximum absolute atomic E-state index is 5.78. The summed E-state index contributed by atoms with van der Waals surface area (Å²) in [6.07, 6.45) is 3.80. The third kappa shape index (κ3) is 3.73. The molecule has 0 saturated carbocycles. The van der Waals surface area contributed by atoms with Crippen LogP contribution in [0.3, 0.4) is 0 Å². The van der Waals surface area contributed by atoms with E-state index in [9.17, 15) is 0 Å². The molecule has 0 fully saturated rings. The van der Waals surface area contributed by atoms with Gasteiger partial charge in [0.15, 0.2) is 0 Å². The number of hydrogen-bond donors (Lipinski definition) is 1. The van der Waals surface area contributed by atoms with Gasteiger partial charge in [0.1, 0.15) is 5.75 Å². The van der Waals surface area contributed by atoms with Crippen LogP contribution in [0.2, 0.25) is 0 Å². The Bertz CT molecular complexity index is 536. The molecular formula is C18H25NO. The normalized spacial score (nSPS) is 10.9. The van der Waals surface area contributed by atoms with Gasteiger partial charge in [-0.15, -0.1) is 0 Å². The molecular weight excluding hydrogens is 246 g/mol. The van der Waals surface area contributed by atoms with E-state index in [-0.39, 0.29) is 0 Å². The predicted molar refractivity (Wildman–Crippen MR) is 86.3 cm³/mol. The van der Waals surface area contributed by atoms with E-state index in [0.29, 0.717) is 6.61 Å². The Labute approximate surface area is 122 Å². The maximum Gasteiger partial charge on any atom is 0.124 e. The van der Waals surface area contributed by atoms with Crippen LogP contribution >= 0.6 is 0 Å². The average molecular weight is 271 g/mol. The van der Waals surface area contributed by atoms with E-state index in [0.717, 1.165) is 18.8 Å². The second kappa shape index (κ2) is 7.91. The van der Waals surface area contributed by atoms with E-state index in [4.69, 9.17) is 4.74 Å². The maximum atomic E-state index is 5.78. The zero-order valence-electron chi connectivity index (χ0n) is 12.6. The molecule has 0 unspecified atom stereocenters. The molecule has 0 aliphatic rings. The van der Waals surface area contributed by atoms with Gasteiger partial charge in [-0.05, 0) is 36.7 Å². The highest BCUT2D eigenvalue weighted by Crippen LogP contribution is 2.28. The fraction of sp³-hybridized carbons (Fsp3) is 0.444. The molecule has 0 aromatic heterocycles. The number of hydrogen-bond acceptors (Lipinski definition) is 2. The molecule has 0 amide bonds. The van der Waals surface area contributed by atoms with Crippen LogP contribution in [0.5, 0.6) is 5.75 Å². The third-order valence-corrected chi connectivity index (χ3v) is 3.56. The van der Waals surface area contributed by atoms with Crippen LogP contribution in [-0.2, 0) is 6.54 Å². The Morgan fingerprint density at radius 1 is 1.00 bits per heavy atom. The summed E-state index contributed by atoms with van der Waals surface area (Å²) in [5, 5.41) is 6.12. The smallest absolute Gasteiger partial charge is 0.124 e. The fourth-order valence-corrected chi connectivity index (χ4v) is 2.50. The molecule has 0 aliphatic heterocycles. The summed E-state index contributed by atoms with van der Waals surface area (Å²) < 4.78 is 5.78. The first-order valence-electron chi connectivity index (χ1n) is 7.71. The summed E-state index contributed by atoms with van der Waals surface area (Å²) in [5.41, 5.74) is 1.28. The molecule has 1 N–H and O–H groups in total. The first kappa shape index (κ1) is 14.9. The molecule has 20 heavy (non-hydrogen) atoms. The first-order valence-corrected chi connectivity index (χ1v) is 7.71. The van der Waals surface area contributed by atoms with Crippen LogP contribution in [0, 0.1) is 0 Å².